The lowest BCUT2D eigenvalue weighted by atomic mass is 10.2. The number of rotatable bonds is 4. The predicted octanol–water partition coefficient (Wildman–Crippen LogP) is 2.45. The Morgan fingerprint density at radius 3 is 2.71 bits per heavy atom. The molecule has 0 aliphatic heterocycles. The summed E-state index contributed by atoms with van der Waals surface area (Å²) < 4.78 is 35.8. The second-order valence-electron chi connectivity index (χ2n) is 3.32. The van der Waals surface area contributed by atoms with Crippen LogP contribution in [-0.2, 0) is 6.54 Å². The van der Waals surface area contributed by atoms with Gasteiger partial charge < -0.3 is 10.3 Å². The molecule has 5 heteroatoms. The van der Waals surface area contributed by atoms with Gasteiger partial charge >= 0.3 is 6.18 Å². The maximum Gasteiger partial charge on any atom is 0.390 e. The van der Waals surface area contributed by atoms with Crippen molar-refractivity contribution in [3.05, 3.63) is 24.0 Å². The van der Waals surface area contributed by atoms with Gasteiger partial charge in [-0.3, -0.25) is 0 Å². The minimum atomic E-state index is -4.09. The van der Waals surface area contributed by atoms with Crippen molar-refractivity contribution in [1.29, 1.82) is 0 Å². The van der Waals surface area contributed by atoms with E-state index in [1.807, 2.05) is 6.07 Å². The van der Waals surface area contributed by atoms with Gasteiger partial charge in [0.15, 0.2) is 0 Å². The molecule has 1 aromatic rings. The largest absolute Gasteiger partial charge is 0.390 e. The van der Waals surface area contributed by atoms with Gasteiger partial charge in [-0.15, -0.1) is 0 Å². The third-order valence-electron chi connectivity index (χ3n) is 1.85. The first-order valence-electron chi connectivity index (χ1n) is 4.39. The number of hydrogen-bond donors (Lipinski definition) is 2. The van der Waals surface area contributed by atoms with Gasteiger partial charge in [0.2, 0.25) is 0 Å². The summed E-state index contributed by atoms with van der Waals surface area (Å²) in [5.74, 6) is 0. The fourth-order valence-corrected chi connectivity index (χ4v) is 1.18. The van der Waals surface area contributed by atoms with E-state index in [9.17, 15) is 13.2 Å². The second-order valence-corrected chi connectivity index (χ2v) is 3.32. The minimum absolute atomic E-state index is 0.459. The first kappa shape index (κ1) is 11.1. The van der Waals surface area contributed by atoms with Crippen LogP contribution < -0.4 is 5.32 Å². The zero-order valence-electron chi connectivity index (χ0n) is 7.86. The quantitative estimate of drug-likeness (QED) is 0.778. The number of alkyl halides is 3. The summed E-state index contributed by atoms with van der Waals surface area (Å²) in [4.78, 5) is 2.84. The van der Waals surface area contributed by atoms with E-state index in [1.54, 1.807) is 12.4 Å². The first-order chi connectivity index (χ1) is 6.47. The number of nitrogens with one attached hydrogen (secondary N) is 2. The van der Waals surface area contributed by atoms with Crippen LogP contribution in [0.15, 0.2) is 18.5 Å². The third-order valence-corrected chi connectivity index (χ3v) is 1.85. The molecule has 0 radical (unpaired) electrons. The molecule has 0 aromatic carbocycles. The smallest absolute Gasteiger partial charge is 0.367 e. The summed E-state index contributed by atoms with van der Waals surface area (Å²) in [7, 11) is 0. The number of halogens is 3. The predicted molar refractivity (Wildman–Crippen MR) is 47.8 cm³/mol. The maximum atomic E-state index is 11.9. The van der Waals surface area contributed by atoms with E-state index < -0.39 is 18.6 Å². The standard InChI is InChI=1S/C9H13F3N2/c1-7(4-9(10,11)12)14-6-8-2-3-13-5-8/h2-3,5,7,13-14H,4,6H2,1H3. The molecule has 0 fully saturated rings. The molecule has 80 valence electrons. The van der Waals surface area contributed by atoms with E-state index >= 15 is 0 Å². The highest BCUT2D eigenvalue weighted by Gasteiger charge is 2.29. The molecule has 2 N–H and O–H groups in total. The van der Waals surface area contributed by atoms with E-state index in [4.69, 9.17) is 0 Å². The maximum absolute atomic E-state index is 11.9. The van der Waals surface area contributed by atoms with Gasteiger partial charge in [0.05, 0.1) is 6.42 Å². The molecule has 0 saturated carbocycles. The van der Waals surface area contributed by atoms with E-state index in [1.165, 1.54) is 6.92 Å². The van der Waals surface area contributed by atoms with Crippen LogP contribution in [0, 0.1) is 0 Å². The lowest BCUT2D eigenvalue weighted by Crippen LogP contribution is -2.30. The Balaban J connectivity index is 2.25. The zero-order chi connectivity index (χ0) is 10.6. The molecular formula is C9H13F3N2. The number of aromatic nitrogens is 1. The van der Waals surface area contributed by atoms with E-state index in [2.05, 4.69) is 10.3 Å². The molecule has 1 rings (SSSR count). The van der Waals surface area contributed by atoms with Crippen LogP contribution >= 0.6 is 0 Å². The SMILES string of the molecule is CC(CC(F)(F)F)NCc1cc[nH]c1. The summed E-state index contributed by atoms with van der Waals surface area (Å²) in [6, 6.07) is 1.28. The number of aromatic amines is 1. The van der Waals surface area contributed by atoms with Crippen molar-refractivity contribution in [1.82, 2.24) is 10.3 Å². The Morgan fingerprint density at radius 2 is 2.21 bits per heavy atom. The highest BCUT2D eigenvalue weighted by Crippen LogP contribution is 2.21. The van der Waals surface area contributed by atoms with Gasteiger partial charge in [-0.05, 0) is 18.6 Å². The second kappa shape index (κ2) is 4.50. The van der Waals surface area contributed by atoms with Crippen LogP contribution in [0.25, 0.3) is 0 Å². The monoisotopic (exact) mass is 206 g/mol. The summed E-state index contributed by atoms with van der Waals surface area (Å²) >= 11 is 0. The molecule has 2 nitrogen and oxygen atoms in total. The summed E-state index contributed by atoms with van der Waals surface area (Å²) in [5.41, 5.74) is 0.957. The molecule has 1 aromatic heterocycles. The molecule has 0 amide bonds. The van der Waals surface area contributed by atoms with Gasteiger partial charge in [0, 0.05) is 25.0 Å². The Kier molecular flexibility index (Phi) is 3.57. The molecule has 14 heavy (non-hydrogen) atoms. The molecule has 1 heterocycles. The fraction of sp³-hybridized carbons (Fsp3) is 0.556. The van der Waals surface area contributed by atoms with E-state index in [0.717, 1.165) is 5.56 Å². The Morgan fingerprint density at radius 1 is 1.50 bits per heavy atom. The van der Waals surface area contributed by atoms with Crippen molar-refractivity contribution in [3.8, 4) is 0 Å². The van der Waals surface area contributed by atoms with Crippen LogP contribution in [0.3, 0.4) is 0 Å². The van der Waals surface area contributed by atoms with Crippen LogP contribution in [0.5, 0.6) is 0 Å². The zero-order valence-corrected chi connectivity index (χ0v) is 7.86. The lowest BCUT2D eigenvalue weighted by Gasteiger charge is -2.15. The van der Waals surface area contributed by atoms with Gasteiger partial charge in [0.1, 0.15) is 0 Å². The van der Waals surface area contributed by atoms with Crippen LogP contribution in [0.4, 0.5) is 13.2 Å². The van der Waals surface area contributed by atoms with Gasteiger partial charge in [-0.25, -0.2) is 0 Å². The Hall–Kier alpha value is -0.970. The molecule has 1 atom stereocenters. The molecule has 0 aliphatic carbocycles. The molecule has 1 unspecified atom stereocenters. The van der Waals surface area contributed by atoms with E-state index in [-0.39, 0.29) is 0 Å². The van der Waals surface area contributed by atoms with E-state index in [0.29, 0.717) is 6.54 Å². The van der Waals surface area contributed by atoms with Crippen molar-refractivity contribution < 1.29 is 13.2 Å². The Bertz CT molecular complexity index is 254. The summed E-state index contributed by atoms with van der Waals surface area (Å²) in [5, 5.41) is 2.80. The number of H-pyrrole nitrogens is 1. The molecular weight excluding hydrogens is 193 g/mol. The first-order valence-corrected chi connectivity index (χ1v) is 4.39. The molecule has 0 saturated heterocycles. The topological polar surface area (TPSA) is 27.8 Å². The van der Waals surface area contributed by atoms with Crippen molar-refractivity contribution in [2.24, 2.45) is 0 Å². The highest BCUT2D eigenvalue weighted by molar-refractivity contribution is 5.07. The average molecular weight is 206 g/mol. The number of hydrogen-bond acceptors (Lipinski definition) is 1. The fourth-order valence-electron chi connectivity index (χ4n) is 1.18. The molecule has 0 aliphatic rings. The lowest BCUT2D eigenvalue weighted by molar-refractivity contribution is -0.139. The van der Waals surface area contributed by atoms with Gasteiger partial charge in [-0.1, -0.05) is 0 Å². The minimum Gasteiger partial charge on any atom is -0.367 e. The van der Waals surface area contributed by atoms with Gasteiger partial charge in [-0.2, -0.15) is 13.2 Å². The summed E-state index contributed by atoms with van der Waals surface area (Å²) in [6.45, 7) is 1.99. The highest BCUT2D eigenvalue weighted by atomic mass is 19.4. The van der Waals surface area contributed by atoms with Crippen molar-refractivity contribution >= 4 is 0 Å². The van der Waals surface area contributed by atoms with Crippen molar-refractivity contribution in [2.75, 3.05) is 0 Å². The van der Waals surface area contributed by atoms with Crippen LogP contribution in [0.1, 0.15) is 18.9 Å². The average Bonchev–Trinajstić information content (AvgIpc) is 2.49. The van der Waals surface area contributed by atoms with Crippen molar-refractivity contribution in [2.45, 2.75) is 32.1 Å². The van der Waals surface area contributed by atoms with Crippen LogP contribution in [-0.4, -0.2) is 17.2 Å². The third kappa shape index (κ3) is 4.32. The Labute approximate surface area is 80.5 Å². The van der Waals surface area contributed by atoms with Crippen molar-refractivity contribution in [3.63, 3.8) is 0 Å². The van der Waals surface area contributed by atoms with Gasteiger partial charge in [0.25, 0.3) is 0 Å². The molecule has 0 bridgehead atoms. The summed E-state index contributed by atoms with van der Waals surface area (Å²) in [6.07, 6.45) is -1.39. The molecule has 0 spiro atoms. The van der Waals surface area contributed by atoms with Crippen LogP contribution in [0.2, 0.25) is 0 Å². The normalized spacial score (nSPS) is 14.3.